The Morgan fingerprint density at radius 1 is 0.262 bits per heavy atom. The number of carbonyl (C=O) groups excluding carboxylic acids is 15. The van der Waals surface area contributed by atoms with Crippen LogP contribution in [0.3, 0.4) is 0 Å². The van der Waals surface area contributed by atoms with E-state index in [4.69, 9.17) is 95.5 Å². The molecule has 33 heteroatoms. The average Bonchev–Trinajstić information content (AvgIpc) is 3.41. The third-order valence-electron chi connectivity index (χ3n) is 15.5. The molecule has 0 radical (unpaired) electrons. The van der Waals surface area contributed by atoms with Gasteiger partial charge in [0.2, 0.25) is 88.6 Å². The van der Waals surface area contributed by atoms with E-state index in [9.17, 15) is 71.9 Å². The predicted octanol–water partition coefficient (Wildman–Crippen LogP) is -6.62. The molecule has 0 bridgehead atoms. The van der Waals surface area contributed by atoms with Crippen molar-refractivity contribution in [3.8, 4) is 0 Å². The minimum absolute atomic E-state index is 0.128. The average molecular weight is 1220 g/mol. The lowest BCUT2D eigenvalue weighted by Crippen LogP contribution is -2.40. The van der Waals surface area contributed by atoms with Gasteiger partial charge in [-0.25, -0.2) is 0 Å². The molecular formula is C51H89N15O17S. The lowest BCUT2D eigenvalue weighted by Gasteiger charge is -2.29. The van der Waals surface area contributed by atoms with E-state index in [0.717, 1.165) is 0 Å². The summed E-state index contributed by atoms with van der Waals surface area (Å²) in [6.07, 6.45) is -6.85. The highest BCUT2D eigenvalue weighted by molar-refractivity contribution is 7.99. The maximum atomic E-state index is 13.1. The number of carbonyl (C=O) groups is 15. The second-order valence-electron chi connectivity index (χ2n) is 21.8. The molecule has 15 amide bonds. The summed E-state index contributed by atoms with van der Waals surface area (Å²) in [4.78, 5) is 192. The summed E-state index contributed by atoms with van der Waals surface area (Å²) in [5.74, 6) is -34.5. The lowest BCUT2D eigenvalue weighted by atomic mass is 9.75. The van der Waals surface area contributed by atoms with E-state index in [0.29, 0.717) is 5.75 Å². The molecule has 0 fully saturated rings. The molecule has 0 aromatic rings. The van der Waals surface area contributed by atoms with Crippen molar-refractivity contribution in [3.63, 3.8) is 0 Å². The Morgan fingerprint density at radius 3 is 0.571 bits per heavy atom. The van der Waals surface area contributed by atoms with E-state index in [1.165, 1.54) is 32.9 Å². The van der Waals surface area contributed by atoms with Gasteiger partial charge in [0.25, 0.3) is 0 Å². The van der Waals surface area contributed by atoms with Crippen molar-refractivity contribution >= 4 is 100 Å². The van der Waals surface area contributed by atoms with Crippen LogP contribution in [0.15, 0.2) is 0 Å². The quantitative estimate of drug-likeness (QED) is 0.0269. The number of rotatable bonds is 50. The molecule has 16 atom stereocenters. The van der Waals surface area contributed by atoms with Crippen LogP contribution in [0.4, 0.5) is 0 Å². The van der Waals surface area contributed by atoms with Crippen LogP contribution in [-0.2, 0) is 81.4 Å². The fourth-order valence-corrected chi connectivity index (χ4v) is 11.5. The molecule has 84 heavy (non-hydrogen) atoms. The van der Waals surface area contributed by atoms with E-state index in [1.807, 2.05) is 0 Å². The second kappa shape index (κ2) is 37.5. The topological polar surface area (TPSA) is 665 Å². The molecule has 0 aromatic heterocycles. The number of thioether (sulfide) groups is 1. The Hall–Kier alpha value is -7.68. The van der Waals surface area contributed by atoms with Gasteiger partial charge in [-0.15, -0.1) is 0 Å². The molecule has 476 valence electrons. The van der Waals surface area contributed by atoms with Crippen molar-refractivity contribution < 1.29 is 81.4 Å². The molecule has 0 aliphatic rings. The zero-order valence-corrected chi connectivity index (χ0v) is 48.6. The van der Waals surface area contributed by atoms with Gasteiger partial charge in [0.05, 0.1) is 12.7 Å². The Kier molecular flexibility index (Phi) is 34.1. The van der Waals surface area contributed by atoms with Crippen molar-refractivity contribution in [1.29, 1.82) is 0 Å². The van der Waals surface area contributed by atoms with Crippen molar-refractivity contribution in [2.24, 2.45) is 175 Å². The molecular weight excluding hydrogens is 1130 g/mol. The highest BCUT2D eigenvalue weighted by atomic mass is 32.2. The Morgan fingerprint density at radius 2 is 0.429 bits per heavy atom. The van der Waals surface area contributed by atoms with Gasteiger partial charge in [-0.2, -0.15) is 11.8 Å². The molecule has 32 nitrogen and oxygen atoms in total. The van der Waals surface area contributed by atoms with Crippen LogP contribution in [0, 0.1) is 88.8 Å². The monoisotopic (exact) mass is 1220 g/mol. The Bertz CT molecular complexity index is 2370. The fraction of sp³-hybridized carbons (Fsp3) is 0.706. The molecule has 0 spiro atoms. The molecule has 30 N–H and O–H groups in total. The number of amides is 15. The number of hydrogen-bond donors (Lipinski definition) is 15. The number of ether oxygens (including phenoxy) is 2. The van der Waals surface area contributed by atoms with Gasteiger partial charge in [-0.05, 0) is 89.9 Å². The number of primary amides is 15. The van der Waals surface area contributed by atoms with Gasteiger partial charge in [0.15, 0.2) is 0 Å². The summed E-state index contributed by atoms with van der Waals surface area (Å²) in [5.41, 5.74) is 85.1. The normalized spacial score (nSPS) is 17.2. The standard InChI is InChI=1S/C51H89N15O17S/c1-21(37(52)67)4-22(38(53)68)5-23(39(54)69)6-24(40(55)70)7-25(41(56)71)8-26(42(57)72)9-27(43(58)73)10-28(44(59)74)11-29(45(60)75)12-30(46(61)76)13-31(47(62)77)14-32(48(63)78)15-33(49(64)79)16-34(50(65)80)17-35(51(66)81)19-84-20-36(83-3)18-82-2/h21-36H,4-20H2,1-3H3,(H2,52,67)(H2,53,68)(H2,54,69)(H2,55,70)(H2,56,71)(H2,57,72)(H2,58,73)(H2,59,74)(H2,60,75)(H2,61,76)(H2,62,77)(H2,63,78)(H2,64,79)(H2,65,80)(H2,66,81). The van der Waals surface area contributed by atoms with E-state index in [-0.39, 0.29) is 44.1 Å². The van der Waals surface area contributed by atoms with Crippen LogP contribution in [0.5, 0.6) is 0 Å². The van der Waals surface area contributed by atoms with Gasteiger partial charge < -0.3 is 95.5 Å². The van der Waals surface area contributed by atoms with Crippen LogP contribution in [0.25, 0.3) is 0 Å². The highest BCUT2D eigenvalue weighted by Gasteiger charge is 2.40. The minimum atomic E-state index is -1.49. The number of nitrogens with two attached hydrogens (primary N) is 15. The summed E-state index contributed by atoms with van der Waals surface area (Å²) in [6, 6.07) is 0. The van der Waals surface area contributed by atoms with Gasteiger partial charge in [-0.3, -0.25) is 71.9 Å². The van der Waals surface area contributed by atoms with E-state index in [1.54, 1.807) is 0 Å². The summed E-state index contributed by atoms with van der Waals surface area (Å²) in [7, 11) is 2.95. The summed E-state index contributed by atoms with van der Waals surface area (Å²) in [5, 5.41) is 0. The van der Waals surface area contributed by atoms with Crippen LogP contribution in [-0.4, -0.2) is 127 Å². The number of methoxy groups -OCH3 is 2. The molecule has 0 heterocycles. The molecule has 0 aliphatic heterocycles. The maximum Gasteiger partial charge on any atom is 0.221 e. The second-order valence-corrected chi connectivity index (χ2v) is 22.9. The maximum absolute atomic E-state index is 13.1. The largest absolute Gasteiger partial charge is 0.382 e. The van der Waals surface area contributed by atoms with E-state index >= 15 is 0 Å². The first-order chi connectivity index (χ1) is 38.9. The van der Waals surface area contributed by atoms with Gasteiger partial charge in [0.1, 0.15) is 0 Å². The van der Waals surface area contributed by atoms with Crippen LogP contribution >= 0.6 is 11.8 Å². The zero-order chi connectivity index (χ0) is 65.0. The number of hydrogen-bond acceptors (Lipinski definition) is 18. The third-order valence-corrected chi connectivity index (χ3v) is 16.7. The molecule has 0 rings (SSSR count). The van der Waals surface area contributed by atoms with E-state index < -0.39 is 242 Å². The summed E-state index contributed by atoms with van der Waals surface area (Å²) < 4.78 is 10.4. The first-order valence-electron chi connectivity index (χ1n) is 26.9. The van der Waals surface area contributed by atoms with Gasteiger partial charge in [-0.1, -0.05) is 6.92 Å². The Balaban J connectivity index is 6.67. The van der Waals surface area contributed by atoms with Crippen molar-refractivity contribution in [2.75, 3.05) is 32.3 Å². The zero-order valence-electron chi connectivity index (χ0n) is 47.8. The van der Waals surface area contributed by atoms with Crippen molar-refractivity contribution in [3.05, 3.63) is 0 Å². The first-order valence-corrected chi connectivity index (χ1v) is 28.0. The van der Waals surface area contributed by atoms with Gasteiger partial charge >= 0.3 is 0 Å². The van der Waals surface area contributed by atoms with E-state index in [2.05, 4.69) is 0 Å². The molecule has 0 aliphatic carbocycles. The van der Waals surface area contributed by atoms with Gasteiger partial charge in [0, 0.05) is 114 Å². The highest BCUT2D eigenvalue weighted by Crippen LogP contribution is 2.36. The summed E-state index contributed by atoms with van der Waals surface area (Å²) in [6.45, 7) is 1.68. The summed E-state index contributed by atoms with van der Waals surface area (Å²) >= 11 is 1.28. The van der Waals surface area contributed by atoms with Crippen molar-refractivity contribution in [1.82, 2.24) is 0 Å². The molecule has 0 saturated carbocycles. The van der Waals surface area contributed by atoms with Crippen LogP contribution in [0.1, 0.15) is 96.8 Å². The molecule has 16 unspecified atom stereocenters. The smallest absolute Gasteiger partial charge is 0.221 e. The third kappa shape index (κ3) is 28.1. The SMILES string of the molecule is COCC(CSCC(CC(CC(CC(CC(CC(CC(CC(CC(CC(CC(CC(CC(CC(CC(C)C(N)=O)C(N)=O)C(N)=O)C(N)=O)C(N)=O)C(N)=O)C(N)=O)C(N)=O)C(N)=O)C(N)=O)C(N)=O)C(N)=O)C(N)=O)C(N)=O)C(N)=O)OC. The molecule has 0 saturated heterocycles. The fourth-order valence-electron chi connectivity index (χ4n) is 10.3. The molecule has 0 aromatic carbocycles. The minimum Gasteiger partial charge on any atom is -0.382 e. The first kappa shape index (κ1) is 76.3. The Labute approximate surface area is 490 Å². The van der Waals surface area contributed by atoms with Crippen LogP contribution < -0.4 is 86.0 Å². The van der Waals surface area contributed by atoms with Crippen LogP contribution in [0.2, 0.25) is 0 Å². The lowest BCUT2D eigenvalue weighted by molar-refractivity contribution is -0.132. The predicted molar refractivity (Wildman–Crippen MR) is 301 cm³/mol. The van der Waals surface area contributed by atoms with Crippen molar-refractivity contribution in [2.45, 2.75) is 103 Å².